The van der Waals surface area contributed by atoms with Crippen molar-refractivity contribution in [3.05, 3.63) is 72.3 Å². The van der Waals surface area contributed by atoms with Gasteiger partial charge in [0.25, 0.3) is 0 Å². The average Bonchev–Trinajstić information content (AvgIpc) is 3.18. The molecule has 0 aliphatic carbocycles. The van der Waals surface area contributed by atoms with Crippen LogP contribution in [0.3, 0.4) is 0 Å². The standard InChI is InChI=1S/C25H22O5/c1-4-29-25(26)17-11-9-16(10-12-17)23-21-7-5-6-8-22(21)30-24(23)18-13-19(27-2)15-20(14-18)28-3/h5-15H,4H2,1-3H3. The van der Waals surface area contributed by atoms with E-state index in [2.05, 4.69) is 0 Å². The molecule has 1 aromatic heterocycles. The fourth-order valence-electron chi connectivity index (χ4n) is 3.46. The summed E-state index contributed by atoms with van der Waals surface area (Å²) in [5.74, 6) is 1.72. The fraction of sp³-hybridized carbons (Fsp3) is 0.160. The minimum atomic E-state index is -0.334. The molecule has 3 aromatic carbocycles. The quantitative estimate of drug-likeness (QED) is 0.372. The SMILES string of the molecule is CCOC(=O)c1ccc(-c2c(-c3cc(OC)cc(OC)c3)oc3ccccc23)cc1. The molecule has 0 spiro atoms. The molecule has 4 aromatic rings. The summed E-state index contributed by atoms with van der Waals surface area (Å²) in [6.07, 6.45) is 0. The van der Waals surface area contributed by atoms with Crippen LogP contribution in [-0.4, -0.2) is 26.8 Å². The summed E-state index contributed by atoms with van der Waals surface area (Å²) in [5, 5.41) is 0.984. The van der Waals surface area contributed by atoms with E-state index in [1.807, 2.05) is 54.6 Å². The number of ether oxygens (including phenoxy) is 3. The topological polar surface area (TPSA) is 57.9 Å². The van der Waals surface area contributed by atoms with Crippen molar-refractivity contribution < 1.29 is 23.4 Å². The van der Waals surface area contributed by atoms with Crippen molar-refractivity contribution in [3.63, 3.8) is 0 Å². The van der Waals surface area contributed by atoms with Gasteiger partial charge in [0.2, 0.25) is 0 Å². The average molecular weight is 402 g/mol. The third kappa shape index (κ3) is 3.62. The molecule has 4 rings (SSSR count). The summed E-state index contributed by atoms with van der Waals surface area (Å²) in [4.78, 5) is 12.0. The number of rotatable bonds is 6. The van der Waals surface area contributed by atoms with Crippen LogP contribution in [0.5, 0.6) is 11.5 Å². The lowest BCUT2D eigenvalue weighted by atomic mass is 9.97. The van der Waals surface area contributed by atoms with Crippen molar-refractivity contribution in [1.29, 1.82) is 0 Å². The van der Waals surface area contributed by atoms with Gasteiger partial charge < -0.3 is 18.6 Å². The third-order valence-electron chi connectivity index (χ3n) is 4.89. The number of hydrogen-bond acceptors (Lipinski definition) is 5. The van der Waals surface area contributed by atoms with Gasteiger partial charge in [-0.2, -0.15) is 0 Å². The Bertz CT molecular complexity index is 1170. The summed E-state index contributed by atoms with van der Waals surface area (Å²) in [6.45, 7) is 2.13. The number of methoxy groups -OCH3 is 2. The minimum absolute atomic E-state index is 0.334. The van der Waals surface area contributed by atoms with Crippen molar-refractivity contribution in [2.75, 3.05) is 20.8 Å². The van der Waals surface area contributed by atoms with Crippen LogP contribution >= 0.6 is 0 Å². The molecule has 0 N–H and O–H groups in total. The molecule has 0 amide bonds. The molecular weight excluding hydrogens is 380 g/mol. The number of fused-ring (bicyclic) bond motifs is 1. The third-order valence-corrected chi connectivity index (χ3v) is 4.89. The van der Waals surface area contributed by atoms with Crippen LogP contribution in [0, 0.1) is 0 Å². The molecule has 0 saturated carbocycles. The van der Waals surface area contributed by atoms with Gasteiger partial charge in [0.15, 0.2) is 0 Å². The summed E-state index contributed by atoms with van der Waals surface area (Å²) in [7, 11) is 3.23. The van der Waals surface area contributed by atoms with Gasteiger partial charge in [0.1, 0.15) is 22.8 Å². The molecule has 0 bridgehead atoms. The molecule has 1 heterocycles. The van der Waals surface area contributed by atoms with Crippen LogP contribution in [0.4, 0.5) is 0 Å². The minimum Gasteiger partial charge on any atom is -0.497 e. The lowest BCUT2D eigenvalue weighted by Gasteiger charge is -2.09. The van der Waals surface area contributed by atoms with Gasteiger partial charge in [0.05, 0.1) is 26.4 Å². The Labute approximate surface area is 174 Å². The highest BCUT2D eigenvalue weighted by Crippen LogP contribution is 2.42. The monoisotopic (exact) mass is 402 g/mol. The van der Waals surface area contributed by atoms with Crippen LogP contribution < -0.4 is 9.47 Å². The van der Waals surface area contributed by atoms with Crippen molar-refractivity contribution in [3.8, 4) is 33.9 Å². The van der Waals surface area contributed by atoms with E-state index in [-0.39, 0.29) is 5.97 Å². The van der Waals surface area contributed by atoms with Gasteiger partial charge >= 0.3 is 5.97 Å². The number of carbonyl (C=O) groups is 1. The maximum absolute atomic E-state index is 12.0. The molecule has 0 unspecified atom stereocenters. The van der Waals surface area contributed by atoms with E-state index in [1.165, 1.54) is 0 Å². The van der Waals surface area contributed by atoms with Crippen LogP contribution in [0.2, 0.25) is 0 Å². The number of esters is 1. The van der Waals surface area contributed by atoms with E-state index in [0.29, 0.717) is 29.4 Å². The molecule has 5 heteroatoms. The van der Waals surface area contributed by atoms with E-state index in [9.17, 15) is 4.79 Å². The van der Waals surface area contributed by atoms with Crippen LogP contribution in [0.1, 0.15) is 17.3 Å². The van der Waals surface area contributed by atoms with E-state index in [4.69, 9.17) is 18.6 Å². The van der Waals surface area contributed by atoms with Gasteiger partial charge in [-0.3, -0.25) is 0 Å². The summed E-state index contributed by atoms with van der Waals surface area (Å²) in [6, 6.07) is 20.9. The lowest BCUT2D eigenvalue weighted by Crippen LogP contribution is -2.04. The maximum Gasteiger partial charge on any atom is 0.338 e. The summed E-state index contributed by atoms with van der Waals surface area (Å²) >= 11 is 0. The Morgan fingerprint density at radius 1 is 0.867 bits per heavy atom. The highest BCUT2D eigenvalue weighted by Gasteiger charge is 2.19. The van der Waals surface area contributed by atoms with Gasteiger partial charge in [0, 0.05) is 22.6 Å². The predicted octanol–water partition coefficient (Wildman–Crippen LogP) is 5.96. The molecule has 0 fully saturated rings. The van der Waals surface area contributed by atoms with Crippen LogP contribution in [-0.2, 0) is 4.74 Å². The van der Waals surface area contributed by atoms with Crippen LogP contribution in [0.15, 0.2) is 71.1 Å². The Morgan fingerprint density at radius 2 is 1.53 bits per heavy atom. The van der Waals surface area contributed by atoms with E-state index < -0.39 is 0 Å². The van der Waals surface area contributed by atoms with Gasteiger partial charge in [-0.1, -0.05) is 30.3 Å². The normalized spacial score (nSPS) is 10.8. The Kier molecular flexibility index (Phi) is 5.44. The molecule has 5 nitrogen and oxygen atoms in total. The first-order chi connectivity index (χ1) is 14.6. The second-order valence-corrected chi connectivity index (χ2v) is 6.70. The molecule has 0 radical (unpaired) electrons. The Hall–Kier alpha value is -3.73. The van der Waals surface area contributed by atoms with E-state index in [1.54, 1.807) is 33.3 Å². The lowest BCUT2D eigenvalue weighted by molar-refractivity contribution is 0.0526. The Morgan fingerprint density at radius 3 is 2.17 bits per heavy atom. The zero-order valence-corrected chi connectivity index (χ0v) is 17.1. The van der Waals surface area contributed by atoms with Gasteiger partial charge in [-0.25, -0.2) is 4.79 Å². The Balaban J connectivity index is 1.89. The van der Waals surface area contributed by atoms with Crippen molar-refractivity contribution in [1.82, 2.24) is 0 Å². The largest absolute Gasteiger partial charge is 0.497 e. The molecule has 0 saturated heterocycles. The van der Waals surface area contributed by atoms with E-state index in [0.717, 1.165) is 27.7 Å². The van der Waals surface area contributed by atoms with Gasteiger partial charge in [-0.15, -0.1) is 0 Å². The molecule has 152 valence electrons. The van der Waals surface area contributed by atoms with Crippen LogP contribution in [0.25, 0.3) is 33.4 Å². The smallest absolute Gasteiger partial charge is 0.338 e. The maximum atomic E-state index is 12.0. The number of hydrogen-bond donors (Lipinski definition) is 0. The second kappa shape index (κ2) is 8.33. The van der Waals surface area contributed by atoms with E-state index >= 15 is 0 Å². The molecule has 0 aliphatic heterocycles. The first-order valence-corrected chi connectivity index (χ1v) is 9.67. The highest BCUT2D eigenvalue weighted by molar-refractivity contribution is 6.02. The molecule has 0 atom stereocenters. The van der Waals surface area contributed by atoms with Crippen molar-refractivity contribution in [2.45, 2.75) is 6.92 Å². The molecular formula is C25H22O5. The second-order valence-electron chi connectivity index (χ2n) is 6.70. The van der Waals surface area contributed by atoms with Crippen molar-refractivity contribution in [2.24, 2.45) is 0 Å². The zero-order chi connectivity index (χ0) is 21.1. The number of carbonyl (C=O) groups excluding carboxylic acids is 1. The molecule has 30 heavy (non-hydrogen) atoms. The number of para-hydroxylation sites is 1. The zero-order valence-electron chi connectivity index (χ0n) is 17.1. The first-order valence-electron chi connectivity index (χ1n) is 9.67. The van der Waals surface area contributed by atoms with Gasteiger partial charge in [-0.05, 0) is 42.8 Å². The summed E-state index contributed by atoms with van der Waals surface area (Å²) in [5.41, 5.74) is 4.00. The highest BCUT2D eigenvalue weighted by atomic mass is 16.5. The predicted molar refractivity (Wildman–Crippen MR) is 116 cm³/mol. The number of furan rings is 1. The number of benzene rings is 3. The summed E-state index contributed by atoms with van der Waals surface area (Å²) < 4.78 is 22.2. The molecule has 0 aliphatic rings. The first kappa shape index (κ1) is 19.6. The fourth-order valence-corrected chi connectivity index (χ4v) is 3.46. The van der Waals surface area contributed by atoms with Crippen molar-refractivity contribution >= 4 is 16.9 Å².